The van der Waals surface area contributed by atoms with Crippen molar-refractivity contribution >= 4 is 22.9 Å². The van der Waals surface area contributed by atoms with Gasteiger partial charge in [-0.05, 0) is 32.0 Å². The average molecular weight is 259 g/mol. The third kappa shape index (κ3) is 7.14. The summed E-state index contributed by atoms with van der Waals surface area (Å²) in [6.07, 6.45) is 3.00. The number of ketones is 1. The van der Waals surface area contributed by atoms with E-state index in [1.165, 1.54) is 6.08 Å². The van der Waals surface area contributed by atoms with Crippen LogP contribution in [0.5, 0.6) is 0 Å². The van der Waals surface area contributed by atoms with E-state index in [9.17, 15) is 4.79 Å². The van der Waals surface area contributed by atoms with Crippen LogP contribution >= 0.6 is 0 Å². The zero-order valence-electron chi connectivity index (χ0n) is 11.4. The fourth-order valence-corrected chi connectivity index (χ4v) is 5.23. The highest BCUT2D eigenvalue weighted by Gasteiger charge is 2.24. The highest BCUT2D eigenvalue weighted by molar-refractivity contribution is 6.77. The molecule has 0 saturated carbocycles. The van der Waals surface area contributed by atoms with Crippen LogP contribution in [0, 0.1) is 0 Å². The smallest absolute Gasteiger partial charge is 0.173 e. The predicted octanol–water partition coefficient (Wildman–Crippen LogP) is 3.16. The van der Waals surface area contributed by atoms with Crippen molar-refractivity contribution < 1.29 is 9.22 Å². The first-order chi connectivity index (χ1) is 7.27. The van der Waals surface area contributed by atoms with Gasteiger partial charge in [-0.25, -0.2) is 0 Å². The first-order valence-corrected chi connectivity index (χ1v) is 12.1. The molecule has 0 spiro atoms. The summed E-state index contributed by atoms with van der Waals surface area (Å²) < 4.78 is 6.09. The SMILES string of the molecule is C=CC(=O)CCC[SiH](C)OC(C)[Si](C)(C)C. The molecule has 0 rings (SSSR count). The number of rotatable bonds is 8. The van der Waals surface area contributed by atoms with E-state index in [4.69, 9.17) is 4.43 Å². The van der Waals surface area contributed by atoms with Gasteiger partial charge in [0.15, 0.2) is 14.8 Å². The fraction of sp³-hybridized carbons (Fsp3) is 0.750. The van der Waals surface area contributed by atoms with Gasteiger partial charge in [0.25, 0.3) is 0 Å². The van der Waals surface area contributed by atoms with Gasteiger partial charge in [-0.3, -0.25) is 4.79 Å². The van der Waals surface area contributed by atoms with Gasteiger partial charge in [-0.15, -0.1) is 0 Å². The molecular formula is C12H26O2Si2. The Hall–Kier alpha value is -0.196. The van der Waals surface area contributed by atoms with E-state index < -0.39 is 17.1 Å². The Balaban J connectivity index is 3.78. The van der Waals surface area contributed by atoms with Gasteiger partial charge in [0.2, 0.25) is 0 Å². The maximum absolute atomic E-state index is 11.0. The molecule has 0 bridgehead atoms. The summed E-state index contributed by atoms with van der Waals surface area (Å²) in [5.41, 5.74) is 0.435. The van der Waals surface area contributed by atoms with Crippen LogP contribution in [0.15, 0.2) is 12.7 Å². The largest absolute Gasteiger partial charge is 0.421 e. The van der Waals surface area contributed by atoms with Crippen LogP contribution < -0.4 is 0 Å². The summed E-state index contributed by atoms with van der Waals surface area (Å²) in [4.78, 5) is 11.0. The van der Waals surface area contributed by atoms with Crippen molar-refractivity contribution in [2.45, 2.75) is 57.7 Å². The van der Waals surface area contributed by atoms with Gasteiger partial charge < -0.3 is 4.43 Å². The molecule has 16 heavy (non-hydrogen) atoms. The molecule has 0 aliphatic heterocycles. The first kappa shape index (κ1) is 15.8. The van der Waals surface area contributed by atoms with Crippen LogP contribution in [0.25, 0.3) is 0 Å². The van der Waals surface area contributed by atoms with Gasteiger partial charge in [0.05, 0.1) is 8.07 Å². The molecule has 0 aliphatic rings. The van der Waals surface area contributed by atoms with Crippen molar-refractivity contribution in [2.24, 2.45) is 0 Å². The van der Waals surface area contributed by atoms with Gasteiger partial charge in [-0.1, -0.05) is 26.2 Å². The maximum atomic E-state index is 11.0. The van der Waals surface area contributed by atoms with E-state index in [1.807, 2.05) is 0 Å². The van der Waals surface area contributed by atoms with E-state index in [-0.39, 0.29) is 5.78 Å². The molecule has 0 fully saturated rings. The molecule has 94 valence electrons. The molecule has 4 heteroatoms. The Morgan fingerprint density at radius 2 is 2.06 bits per heavy atom. The van der Waals surface area contributed by atoms with Crippen LogP contribution in [-0.2, 0) is 9.22 Å². The van der Waals surface area contributed by atoms with Crippen molar-refractivity contribution in [2.75, 3.05) is 0 Å². The van der Waals surface area contributed by atoms with Crippen molar-refractivity contribution in [3.8, 4) is 0 Å². The quantitative estimate of drug-likeness (QED) is 0.494. The first-order valence-electron chi connectivity index (χ1n) is 6.08. The highest BCUT2D eigenvalue weighted by atomic mass is 28.3. The lowest BCUT2D eigenvalue weighted by Crippen LogP contribution is -2.40. The lowest BCUT2D eigenvalue weighted by Gasteiger charge is -2.28. The topological polar surface area (TPSA) is 26.3 Å². The summed E-state index contributed by atoms with van der Waals surface area (Å²) in [7, 11) is -2.24. The maximum Gasteiger partial charge on any atom is 0.173 e. The standard InChI is InChI=1S/C12H26O2Si2/c1-7-12(13)9-8-10-15(3)14-11(2)16(4,5)6/h7,11,15H,1,8-10H2,2-6H3. The zero-order chi connectivity index (χ0) is 12.8. The molecule has 0 aromatic heterocycles. The minimum absolute atomic E-state index is 0.152. The predicted molar refractivity (Wildman–Crippen MR) is 76.2 cm³/mol. The molecule has 2 unspecified atom stereocenters. The molecule has 2 nitrogen and oxygen atoms in total. The number of allylic oxidation sites excluding steroid dienone is 1. The van der Waals surface area contributed by atoms with E-state index >= 15 is 0 Å². The molecule has 0 aromatic rings. The average Bonchev–Trinajstić information content (AvgIpc) is 2.15. The number of carbonyl (C=O) groups excluding carboxylic acids is 1. The number of carbonyl (C=O) groups is 1. The molecule has 0 aliphatic carbocycles. The second kappa shape index (κ2) is 7.19. The van der Waals surface area contributed by atoms with E-state index in [0.29, 0.717) is 12.1 Å². The Kier molecular flexibility index (Phi) is 7.10. The lowest BCUT2D eigenvalue weighted by molar-refractivity contribution is -0.114. The van der Waals surface area contributed by atoms with Crippen molar-refractivity contribution in [3.05, 3.63) is 12.7 Å². The lowest BCUT2D eigenvalue weighted by atomic mass is 10.2. The van der Waals surface area contributed by atoms with Crippen LogP contribution in [-0.4, -0.2) is 28.6 Å². The third-order valence-electron chi connectivity index (χ3n) is 2.92. The van der Waals surface area contributed by atoms with Gasteiger partial charge in [0, 0.05) is 12.1 Å². The summed E-state index contributed by atoms with van der Waals surface area (Å²) >= 11 is 0. The van der Waals surface area contributed by atoms with Crippen molar-refractivity contribution in [1.29, 1.82) is 0 Å². The Morgan fingerprint density at radius 3 is 2.50 bits per heavy atom. The molecule has 0 saturated heterocycles. The van der Waals surface area contributed by atoms with Crippen LogP contribution in [0.1, 0.15) is 19.8 Å². The minimum Gasteiger partial charge on any atom is -0.421 e. The summed E-state index contributed by atoms with van der Waals surface area (Å²) in [6, 6.07) is 1.09. The monoisotopic (exact) mass is 258 g/mol. The fourth-order valence-electron chi connectivity index (χ4n) is 1.29. The van der Waals surface area contributed by atoms with Crippen LogP contribution in [0.2, 0.25) is 32.2 Å². The van der Waals surface area contributed by atoms with E-state index in [0.717, 1.165) is 12.5 Å². The second-order valence-electron chi connectivity index (χ2n) is 5.52. The second-order valence-corrected chi connectivity index (χ2v) is 13.5. The highest BCUT2D eigenvalue weighted by Crippen LogP contribution is 2.14. The van der Waals surface area contributed by atoms with E-state index in [2.05, 4.69) is 39.7 Å². The molecule has 0 radical (unpaired) electrons. The Labute approximate surface area is 103 Å². The molecule has 2 atom stereocenters. The van der Waals surface area contributed by atoms with Gasteiger partial charge in [0.1, 0.15) is 0 Å². The summed E-state index contributed by atoms with van der Waals surface area (Å²) in [6.45, 7) is 14.9. The van der Waals surface area contributed by atoms with Gasteiger partial charge in [-0.2, -0.15) is 0 Å². The van der Waals surface area contributed by atoms with Crippen LogP contribution in [0.3, 0.4) is 0 Å². The normalized spacial score (nSPS) is 15.6. The summed E-state index contributed by atoms with van der Waals surface area (Å²) in [5, 5.41) is 0. The molecule has 0 heterocycles. The van der Waals surface area contributed by atoms with E-state index in [1.54, 1.807) is 0 Å². The van der Waals surface area contributed by atoms with Gasteiger partial charge >= 0.3 is 0 Å². The molecule has 0 amide bonds. The number of hydrogen-bond acceptors (Lipinski definition) is 2. The molecule has 0 aromatic carbocycles. The van der Waals surface area contributed by atoms with Crippen LogP contribution in [0.4, 0.5) is 0 Å². The Morgan fingerprint density at radius 1 is 1.50 bits per heavy atom. The molecule has 0 N–H and O–H groups in total. The Bertz CT molecular complexity index is 234. The zero-order valence-corrected chi connectivity index (χ0v) is 13.5. The van der Waals surface area contributed by atoms with Crippen molar-refractivity contribution in [1.82, 2.24) is 0 Å². The number of hydrogen-bond donors (Lipinski definition) is 0. The molecular weight excluding hydrogens is 232 g/mol. The minimum atomic E-state index is -1.16. The summed E-state index contributed by atoms with van der Waals surface area (Å²) in [5.74, 6) is 0.152. The van der Waals surface area contributed by atoms with Crippen molar-refractivity contribution in [3.63, 3.8) is 0 Å². The third-order valence-corrected chi connectivity index (χ3v) is 7.86.